The van der Waals surface area contributed by atoms with Crippen molar-refractivity contribution in [1.29, 1.82) is 0 Å². The van der Waals surface area contributed by atoms with Crippen molar-refractivity contribution in [3.63, 3.8) is 0 Å². The number of likely N-dealkylation sites (N-methyl/N-ethyl adjacent to an activating group) is 1. The van der Waals surface area contributed by atoms with Crippen LogP contribution in [0.1, 0.15) is 48.8 Å². The molecule has 0 radical (unpaired) electrons. The smallest absolute Gasteiger partial charge is 0.340 e. The molecule has 1 atom stereocenters. The Morgan fingerprint density at radius 3 is 2.72 bits per heavy atom. The third-order valence-electron chi connectivity index (χ3n) is 6.28. The van der Waals surface area contributed by atoms with Gasteiger partial charge in [-0.3, -0.25) is 0 Å². The number of aromatic nitrogens is 3. The molecule has 0 bridgehead atoms. The van der Waals surface area contributed by atoms with Gasteiger partial charge in [-0.1, -0.05) is 12.1 Å². The number of aliphatic hydroxyl groups excluding tert-OH is 1. The zero-order valence-electron chi connectivity index (χ0n) is 21.2. The molecular formula is C26H35N5O5. The number of aromatic carboxylic acids is 1. The van der Waals surface area contributed by atoms with Crippen molar-refractivity contribution >= 4 is 22.7 Å². The van der Waals surface area contributed by atoms with E-state index in [0.29, 0.717) is 48.1 Å². The second-order valence-corrected chi connectivity index (χ2v) is 9.42. The third kappa shape index (κ3) is 5.45. The van der Waals surface area contributed by atoms with Crippen molar-refractivity contribution in [2.24, 2.45) is 0 Å². The Morgan fingerprint density at radius 1 is 1.31 bits per heavy atom. The Morgan fingerprint density at radius 2 is 2.06 bits per heavy atom. The molecule has 4 rings (SSSR count). The predicted molar refractivity (Wildman–Crippen MR) is 138 cm³/mol. The van der Waals surface area contributed by atoms with Gasteiger partial charge in [-0.2, -0.15) is 5.10 Å². The summed E-state index contributed by atoms with van der Waals surface area (Å²) in [6, 6.07) is 7.27. The number of pyridine rings is 1. The molecule has 0 aliphatic carbocycles. The van der Waals surface area contributed by atoms with Crippen molar-refractivity contribution < 1.29 is 24.5 Å². The van der Waals surface area contributed by atoms with Gasteiger partial charge in [0.2, 0.25) is 0 Å². The largest absolute Gasteiger partial charge is 0.491 e. The van der Waals surface area contributed by atoms with Crippen molar-refractivity contribution in [1.82, 2.24) is 20.1 Å². The monoisotopic (exact) mass is 497 g/mol. The summed E-state index contributed by atoms with van der Waals surface area (Å²) in [4.78, 5) is 17.6. The quantitative estimate of drug-likeness (QED) is 0.333. The fourth-order valence-electron chi connectivity index (χ4n) is 4.53. The second kappa shape index (κ2) is 11.2. The van der Waals surface area contributed by atoms with Crippen LogP contribution in [0.25, 0.3) is 22.3 Å². The fourth-order valence-corrected chi connectivity index (χ4v) is 4.53. The van der Waals surface area contributed by atoms with Crippen LogP contribution in [0.4, 0.5) is 5.69 Å². The van der Waals surface area contributed by atoms with Crippen LogP contribution in [0.5, 0.6) is 5.75 Å². The van der Waals surface area contributed by atoms with E-state index in [1.54, 1.807) is 25.2 Å². The highest BCUT2D eigenvalue weighted by atomic mass is 16.5. The van der Waals surface area contributed by atoms with Crippen molar-refractivity contribution in [2.45, 2.75) is 51.8 Å². The molecule has 1 unspecified atom stereocenters. The van der Waals surface area contributed by atoms with E-state index < -0.39 is 12.1 Å². The second-order valence-electron chi connectivity index (χ2n) is 9.42. The Hall–Kier alpha value is -3.21. The maximum absolute atomic E-state index is 12.7. The van der Waals surface area contributed by atoms with Gasteiger partial charge in [-0.05, 0) is 52.8 Å². The van der Waals surface area contributed by atoms with E-state index in [4.69, 9.17) is 19.6 Å². The SMILES string of the molecule is CNCC(O)COc1cccc(-c2nc3c(c(C)nn3C(C)C)c(NC3CCOCC3)c2C(=O)O)c1. The van der Waals surface area contributed by atoms with Crippen LogP contribution in [-0.2, 0) is 4.74 Å². The van der Waals surface area contributed by atoms with Crippen LogP contribution >= 0.6 is 0 Å². The number of anilines is 1. The number of hydrogen-bond acceptors (Lipinski definition) is 8. The van der Waals surface area contributed by atoms with Gasteiger partial charge in [-0.15, -0.1) is 0 Å². The van der Waals surface area contributed by atoms with Gasteiger partial charge in [-0.25, -0.2) is 14.5 Å². The average molecular weight is 498 g/mol. The first-order valence-corrected chi connectivity index (χ1v) is 12.4. The molecule has 10 heteroatoms. The van der Waals surface area contributed by atoms with Crippen LogP contribution in [0, 0.1) is 6.92 Å². The molecule has 1 saturated heterocycles. The van der Waals surface area contributed by atoms with Crippen molar-refractivity contribution in [3.8, 4) is 17.0 Å². The Labute approximate surface area is 210 Å². The molecule has 10 nitrogen and oxygen atoms in total. The molecule has 3 heterocycles. The van der Waals surface area contributed by atoms with Gasteiger partial charge in [0.05, 0.1) is 22.5 Å². The summed E-state index contributed by atoms with van der Waals surface area (Å²) in [5.41, 5.74) is 2.95. The number of nitrogens with zero attached hydrogens (tertiary/aromatic N) is 3. The number of rotatable bonds is 10. The molecular weight excluding hydrogens is 462 g/mol. The van der Waals surface area contributed by atoms with Crippen LogP contribution < -0.4 is 15.4 Å². The maximum atomic E-state index is 12.7. The van der Waals surface area contributed by atoms with E-state index in [9.17, 15) is 15.0 Å². The lowest BCUT2D eigenvalue weighted by Gasteiger charge is -2.26. The first kappa shape index (κ1) is 25.9. The summed E-state index contributed by atoms with van der Waals surface area (Å²) < 4.78 is 13.1. The van der Waals surface area contributed by atoms with Gasteiger partial charge in [0.15, 0.2) is 5.65 Å². The summed E-state index contributed by atoms with van der Waals surface area (Å²) >= 11 is 0. The van der Waals surface area contributed by atoms with Crippen molar-refractivity contribution in [3.05, 3.63) is 35.5 Å². The van der Waals surface area contributed by atoms with Crippen LogP contribution in [-0.4, -0.2) is 76.5 Å². The van der Waals surface area contributed by atoms with Crippen LogP contribution in [0.2, 0.25) is 0 Å². The van der Waals surface area contributed by atoms with E-state index >= 15 is 0 Å². The lowest BCUT2D eigenvalue weighted by Crippen LogP contribution is -2.29. The molecule has 194 valence electrons. The van der Waals surface area contributed by atoms with Crippen LogP contribution in [0.3, 0.4) is 0 Å². The van der Waals surface area contributed by atoms with E-state index in [0.717, 1.165) is 23.9 Å². The van der Waals surface area contributed by atoms with Gasteiger partial charge in [0.25, 0.3) is 0 Å². The highest BCUT2D eigenvalue weighted by Gasteiger charge is 2.28. The van der Waals surface area contributed by atoms with Gasteiger partial charge >= 0.3 is 5.97 Å². The lowest BCUT2D eigenvalue weighted by atomic mass is 9.99. The van der Waals surface area contributed by atoms with Crippen LogP contribution in [0.15, 0.2) is 24.3 Å². The lowest BCUT2D eigenvalue weighted by molar-refractivity contribution is 0.0698. The number of aryl methyl sites for hydroxylation is 1. The summed E-state index contributed by atoms with van der Waals surface area (Å²) in [7, 11) is 1.76. The minimum atomic E-state index is -1.07. The zero-order valence-corrected chi connectivity index (χ0v) is 21.2. The Balaban J connectivity index is 1.86. The minimum Gasteiger partial charge on any atom is -0.491 e. The Bertz CT molecular complexity index is 1220. The number of ether oxygens (including phenoxy) is 2. The molecule has 36 heavy (non-hydrogen) atoms. The predicted octanol–water partition coefficient (Wildman–Crippen LogP) is 3.24. The van der Waals surface area contributed by atoms with Crippen molar-refractivity contribution in [2.75, 3.05) is 38.7 Å². The van der Waals surface area contributed by atoms with E-state index in [1.807, 2.05) is 31.5 Å². The van der Waals surface area contributed by atoms with Gasteiger partial charge in [0.1, 0.15) is 24.0 Å². The van der Waals surface area contributed by atoms with E-state index in [2.05, 4.69) is 10.6 Å². The number of carboxylic acids is 1. The number of nitrogens with one attached hydrogen (secondary N) is 2. The summed E-state index contributed by atoms with van der Waals surface area (Å²) in [5, 5.41) is 32.3. The maximum Gasteiger partial charge on any atom is 0.340 e. The van der Waals surface area contributed by atoms with Gasteiger partial charge < -0.3 is 30.3 Å². The minimum absolute atomic E-state index is 0.0384. The molecule has 4 N–H and O–H groups in total. The molecule has 0 saturated carbocycles. The molecule has 1 aromatic carbocycles. The number of hydrogen-bond donors (Lipinski definition) is 4. The molecule has 2 aromatic heterocycles. The Kier molecular flexibility index (Phi) is 8.07. The number of aliphatic hydroxyl groups is 1. The topological polar surface area (TPSA) is 131 Å². The molecule has 1 fully saturated rings. The molecule has 1 aliphatic rings. The first-order chi connectivity index (χ1) is 17.3. The summed E-state index contributed by atoms with van der Waals surface area (Å²) in [6.07, 6.45) is 0.906. The highest BCUT2D eigenvalue weighted by molar-refractivity contribution is 6.09. The third-order valence-corrected chi connectivity index (χ3v) is 6.28. The number of benzene rings is 1. The molecule has 0 spiro atoms. The molecule has 3 aromatic rings. The highest BCUT2D eigenvalue weighted by Crippen LogP contribution is 2.38. The molecule has 1 aliphatic heterocycles. The number of carbonyl (C=O) groups is 1. The van der Waals surface area contributed by atoms with Gasteiger partial charge in [0, 0.05) is 37.4 Å². The fraction of sp³-hybridized carbons (Fsp3) is 0.500. The normalized spacial score (nSPS) is 15.4. The molecule has 0 amide bonds. The average Bonchev–Trinajstić information content (AvgIpc) is 3.20. The number of carboxylic acid groups (broad SMARTS) is 1. The summed E-state index contributed by atoms with van der Waals surface area (Å²) in [6.45, 7) is 7.70. The standard InChI is InChI=1S/C26H35N5O5/c1-15(2)31-25-21(16(3)30-31)24(28-18-8-10-35-11-9-18)22(26(33)34)23(29-25)17-6-5-7-20(12-17)36-14-19(32)13-27-4/h5-7,12,15,18-19,27,32H,8-11,13-14H2,1-4H3,(H,28,29)(H,33,34). The first-order valence-electron chi connectivity index (χ1n) is 12.4. The zero-order chi connectivity index (χ0) is 25.8. The van der Waals surface area contributed by atoms with E-state index in [-0.39, 0.29) is 24.3 Å². The summed E-state index contributed by atoms with van der Waals surface area (Å²) in [5.74, 6) is -0.546. The number of fused-ring (bicyclic) bond motifs is 1. The van der Waals surface area contributed by atoms with E-state index in [1.165, 1.54) is 0 Å².